The Morgan fingerprint density at radius 1 is 1.70 bits per heavy atom. The number of carbonyl (C=O) groups is 1. The average Bonchev–Trinajstić information content (AvgIpc) is 1.80. The van der Waals surface area contributed by atoms with Gasteiger partial charge in [-0.1, -0.05) is 0 Å². The summed E-state index contributed by atoms with van der Waals surface area (Å²) in [6, 6.07) is 0. The Labute approximate surface area is 65.9 Å². The lowest BCUT2D eigenvalue weighted by Gasteiger charge is -2.14. The second-order valence-electron chi connectivity index (χ2n) is 2.52. The van der Waals surface area contributed by atoms with Crippen LogP contribution in [0.25, 0.3) is 0 Å². The zero-order valence-corrected chi connectivity index (χ0v) is 7.03. The Kier molecular flexibility index (Phi) is 3.68. The molecule has 60 valence electrons. The number of hydrogen-bond donors (Lipinski definition) is 2. The number of nitrogens with two attached hydrogens (primary N) is 1. The first-order valence-corrected chi connectivity index (χ1v) is 3.53. The van der Waals surface area contributed by atoms with E-state index in [0.717, 1.165) is 0 Å². The van der Waals surface area contributed by atoms with Crippen LogP contribution in [-0.4, -0.2) is 23.9 Å². The third kappa shape index (κ3) is 3.69. The van der Waals surface area contributed by atoms with Gasteiger partial charge in [-0.2, -0.15) is 0 Å². The van der Waals surface area contributed by atoms with Crippen LogP contribution in [0.1, 0.15) is 13.8 Å². The van der Waals surface area contributed by atoms with Gasteiger partial charge < -0.3 is 11.1 Å². The van der Waals surface area contributed by atoms with Crippen molar-refractivity contribution < 1.29 is 4.79 Å². The zero-order valence-electron chi connectivity index (χ0n) is 6.28. The zero-order chi connectivity index (χ0) is 8.20. The van der Waals surface area contributed by atoms with Crippen LogP contribution >= 0.6 is 11.6 Å². The van der Waals surface area contributed by atoms with E-state index in [9.17, 15) is 4.79 Å². The number of rotatable bonds is 3. The van der Waals surface area contributed by atoms with Crippen LogP contribution in [0.3, 0.4) is 0 Å². The maximum absolute atomic E-state index is 10.9. The van der Waals surface area contributed by atoms with Crippen LogP contribution in [0.15, 0.2) is 0 Å². The van der Waals surface area contributed by atoms with E-state index in [2.05, 4.69) is 5.32 Å². The van der Waals surface area contributed by atoms with Crippen molar-refractivity contribution >= 4 is 17.5 Å². The summed E-state index contributed by atoms with van der Waals surface area (Å²) >= 11 is 5.67. The summed E-state index contributed by atoms with van der Waals surface area (Å²) in [7, 11) is 0. The Hall–Kier alpha value is -0.280. The highest BCUT2D eigenvalue weighted by Gasteiger charge is 2.22. The Balaban J connectivity index is 3.64. The fraction of sp³-hybridized carbons (Fsp3) is 0.833. The standard InChI is InChI=1S/C6H13ClN2O/c1-6(2,7)5(10)9-4-3-8/h3-4,8H2,1-2H3,(H,9,10). The van der Waals surface area contributed by atoms with Crippen molar-refractivity contribution in [2.45, 2.75) is 18.7 Å². The van der Waals surface area contributed by atoms with Crippen molar-refractivity contribution in [1.82, 2.24) is 5.32 Å². The van der Waals surface area contributed by atoms with E-state index in [4.69, 9.17) is 17.3 Å². The molecule has 0 aromatic carbocycles. The van der Waals surface area contributed by atoms with E-state index in [0.29, 0.717) is 13.1 Å². The molecule has 0 aliphatic carbocycles. The molecule has 0 heterocycles. The SMILES string of the molecule is CC(C)(Cl)C(=O)NCCN. The van der Waals surface area contributed by atoms with Crippen LogP contribution < -0.4 is 11.1 Å². The maximum Gasteiger partial charge on any atom is 0.240 e. The van der Waals surface area contributed by atoms with Crippen molar-refractivity contribution in [3.63, 3.8) is 0 Å². The fourth-order valence-electron chi connectivity index (χ4n) is 0.396. The second kappa shape index (κ2) is 3.78. The molecular formula is C6H13ClN2O. The van der Waals surface area contributed by atoms with Crippen molar-refractivity contribution in [2.24, 2.45) is 5.73 Å². The molecule has 0 spiro atoms. The number of alkyl halides is 1. The highest BCUT2D eigenvalue weighted by molar-refractivity contribution is 6.34. The van der Waals surface area contributed by atoms with Crippen LogP contribution in [0.2, 0.25) is 0 Å². The van der Waals surface area contributed by atoms with Gasteiger partial charge in [0.2, 0.25) is 5.91 Å². The second-order valence-corrected chi connectivity index (χ2v) is 3.46. The molecule has 0 saturated heterocycles. The lowest BCUT2D eigenvalue weighted by Crippen LogP contribution is -2.40. The van der Waals surface area contributed by atoms with Gasteiger partial charge >= 0.3 is 0 Å². The average molecular weight is 165 g/mol. The van der Waals surface area contributed by atoms with E-state index in [1.807, 2.05) is 0 Å². The van der Waals surface area contributed by atoms with Gasteiger partial charge in [0.15, 0.2) is 0 Å². The van der Waals surface area contributed by atoms with Gasteiger partial charge in [-0.05, 0) is 13.8 Å². The molecule has 10 heavy (non-hydrogen) atoms. The van der Waals surface area contributed by atoms with Crippen LogP contribution in [-0.2, 0) is 4.79 Å². The number of amides is 1. The van der Waals surface area contributed by atoms with Gasteiger partial charge in [-0.25, -0.2) is 0 Å². The molecule has 0 rings (SSSR count). The third-order valence-corrected chi connectivity index (χ3v) is 1.14. The molecule has 0 aliphatic rings. The van der Waals surface area contributed by atoms with Crippen LogP contribution in [0.5, 0.6) is 0 Å². The molecule has 0 aromatic heterocycles. The summed E-state index contributed by atoms with van der Waals surface area (Å²) in [5, 5.41) is 2.58. The monoisotopic (exact) mass is 164 g/mol. The predicted octanol–water partition coefficient (Wildman–Crippen LogP) is 0.0787. The highest BCUT2D eigenvalue weighted by Crippen LogP contribution is 2.11. The smallest absolute Gasteiger partial charge is 0.240 e. The molecule has 1 amide bonds. The molecule has 0 atom stereocenters. The molecule has 4 heteroatoms. The van der Waals surface area contributed by atoms with Gasteiger partial charge in [0.25, 0.3) is 0 Å². The third-order valence-electron chi connectivity index (χ3n) is 0.970. The van der Waals surface area contributed by atoms with Crippen molar-refractivity contribution in [2.75, 3.05) is 13.1 Å². The van der Waals surface area contributed by atoms with Crippen molar-refractivity contribution in [3.05, 3.63) is 0 Å². The molecule has 0 radical (unpaired) electrons. The predicted molar refractivity (Wildman–Crippen MR) is 42.0 cm³/mol. The number of nitrogens with one attached hydrogen (secondary N) is 1. The molecule has 3 nitrogen and oxygen atoms in total. The highest BCUT2D eigenvalue weighted by atomic mass is 35.5. The normalized spacial score (nSPS) is 11.2. The summed E-state index contributed by atoms with van der Waals surface area (Å²) in [4.78, 5) is 10.1. The van der Waals surface area contributed by atoms with Crippen LogP contribution in [0.4, 0.5) is 0 Å². The van der Waals surface area contributed by atoms with E-state index in [-0.39, 0.29) is 5.91 Å². The Morgan fingerprint density at radius 2 is 2.20 bits per heavy atom. The topological polar surface area (TPSA) is 55.1 Å². The number of halogens is 1. The first-order valence-electron chi connectivity index (χ1n) is 3.15. The molecule has 0 saturated carbocycles. The Morgan fingerprint density at radius 3 is 2.50 bits per heavy atom. The first kappa shape index (κ1) is 9.72. The summed E-state index contributed by atoms with van der Waals surface area (Å²) < 4.78 is 0. The molecule has 0 unspecified atom stereocenters. The lowest BCUT2D eigenvalue weighted by atomic mass is 10.2. The first-order chi connectivity index (χ1) is 4.48. The minimum Gasteiger partial charge on any atom is -0.353 e. The van der Waals surface area contributed by atoms with Gasteiger partial charge in [-0.3, -0.25) is 4.79 Å². The fourth-order valence-corrected chi connectivity index (χ4v) is 0.463. The minimum atomic E-state index is -0.824. The minimum absolute atomic E-state index is 0.181. The summed E-state index contributed by atoms with van der Waals surface area (Å²) in [6.45, 7) is 4.20. The molecule has 0 fully saturated rings. The lowest BCUT2D eigenvalue weighted by molar-refractivity contribution is -0.122. The largest absolute Gasteiger partial charge is 0.353 e. The maximum atomic E-state index is 10.9. The van der Waals surface area contributed by atoms with Crippen LogP contribution in [0, 0.1) is 0 Å². The van der Waals surface area contributed by atoms with Gasteiger partial charge in [0.1, 0.15) is 4.87 Å². The van der Waals surface area contributed by atoms with E-state index in [1.54, 1.807) is 13.8 Å². The quantitative estimate of drug-likeness (QED) is 0.581. The summed E-state index contributed by atoms with van der Waals surface area (Å²) in [5.41, 5.74) is 5.16. The summed E-state index contributed by atoms with van der Waals surface area (Å²) in [5.74, 6) is -0.181. The molecule has 3 N–H and O–H groups in total. The van der Waals surface area contributed by atoms with Crippen molar-refractivity contribution in [3.8, 4) is 0 Å². The van der Waals surface area contributed by atoms with Crippen molar-refractivity contribution in [1.29, 1.82) is 0 Å². The molecule has 0 bridgehead atoms. The number of carbonyl (C=O) groups excluding carboxylic acids is 1. The summed E-state index contributed by atoms with van der Waals surface area (Å²) in [6.07, 6.45) is 0. The van der Waals surface area contributed by atoms with E-state index in [1.165, 1.54) is 0 Å². The van der Waals surface area contributed by atoms with Gasteiger partial charge in [0, 0.05) is 13.1 Å². The van der Waals surface area contributed by atoms with Gasteiger partial charge in [-0.15, -0.1) is 11.6 Å². The molecule has 0 aromatic rings. The Bertz CT molecular complexity index is 119. The van der Waals surface area contributed by atoms with E-state index < -0.39 is 4.87 Å². The molecular weight excluding hydrogens is 152 g/mol. The number of hydrogen-bond acceptors (Lipinski definition) is 2. The van der Waals surface area contributed by atoms with E-state index >= 15 is 0 Å². The molecule has 0 aliphatic heterocycles. The van der Waals surface area contributed by atoms with Gasteiger partial charge in [0.05, 0.1) is 0 Å².